The number of hydrogen-bond donors (Lipinski definition) is 0. The van der Waals surface area contributed by atoms with Gasteiger partial charge in [-0.05, 0) is 0 Å². The molecule has 0 spiro atoms. The van der Waals surface area contributed by atoms with E-state index >= 15 is 0 Å². The molecule has 0 aromatic heterocycles. The number of fused-ring (bicyclic) bond motifs is 1. The Morgan fingerprint density at radius 1 is 0.875 bits per heavy atom. The Morgan fingerprint density at radius 2 is 1.53 bits per heavy atom. The molecule has 1 aromatic carbocycles. The molecule has 0 amide bonds. The molecule has 2 aliphatic carbocycles. The van der Waals surface area contributed by atoms with E-state index in [0.29, 0.717) is 0 Å². The Hall–Kier alpha value is -0.281. The number of allylic oxidation sites excluding steroid dienone is 1. The normalized spacial score (nSPS) is 24.7. The zero-order valence-electron chi connectivity index (χ0n) is 21.4. The van der Waals surface area contributed by atoms with Gasteiger partial charge in [0.25, 0.3) is 0 Å². The third kappa shape index (κ3) is 7.62. The first-order valence-corrected chi connectivity index (χ1v) is 21.7. The Bertz CT molecular complexity index is 645. The summed E-state index contributed by atoms with van der Waals surface area (Å²) in [6, 6.07) is 10.7. The van der Waals surface area contributed by atoms with Gasteiger partial charge >= 0.3 is 204 Å². The van der Waals surface area contributed by atoms with Gasteiger partial charge < -0.3 is 0 Å². The van der Waals surface area contributed by atoms with Crippen molar-refractivity contribution in [2.24, 2.45) is 17.8 Å². The maximum atomic E-state index is 6.26. The Morgan fingerprint density at radius 3 is 2.16 bits per heavy atom. The summed E-state index contributed by atoms with van der Waals surface area (Å²) in [5, 5.41) is 0. The molecule has 0 heterocycles. The van der Waals surface area contributed by atoms with Crippen LogP contribution >= 0.6 is 0 Å². The van der Waals surface area contributed by atoms with E-state index in [2.05, 4.69) is 55.2 Å². The first-order chi connectivity index (χ1) is 15.7. The van der Waals surface area contributed by atoms with Crippen molar-refractivity contribution in [2.45, 2.75) is 111 Å². The van der Waals surface area contributed by atoms with Crippen LogP contribution in [0.1, 0.15) is 97.0 Å². The minimum atomic E-state index is -2.19. The van der Waals surface area contributed by atoms with Crippen LogP contribution in [0.2, 0.25) is 13.3 Å². The zero-order chi connectivity index (χ0) is 22.7. The van der Waals surface area contributed by atoms with E-state index in [1.807, 2.05) is 5.57 Å². The standard InChI is InChI=1S/C18H23O.3C4H9.Sn/c1-14-10-11-18-16(8-5-9-17(14)18)13-19-12-15-6-3-2-4-7-15;3*1-3-4-2;/h1-4,6-7,16-18H,5,8-13H2;3*1,3-4H2,2H3;/t16-,17-,18-;;;;/m1..../s1. The molecule has 2 saturated carbocycles. The molecule has 0 bridgehead atoms. The second kappa shape index (κ2) is 14.2. The molecule has 0 N–H and O–H groups in total. The van der Waals surface area contributed by atoms with Gasteiger partial charge in [0, 0.05) is 0 Å². The fraction of sp³-hybridized carbons (Fsp3) is 0.733. The van der Waals surface area contributed by atoms with Crippen molar-refractivity contribution >= 4 is 18.4 Å². The summed E-state index contributed by atoms with van der Waals surface area (Å²) in [7, 11) is 0. The van der Waals surface area contributed by atoms with Gasteiger partial charge in [-0.3, -0.25) is 0 Å². The molecule has 0 radical (unpaired) electrons. The average Bonchev–Trinajstić information content (AvgIpc) is 3.24. The van der Waals surface area contributed by atoms with E-state index in [1.54, 1.807) is 13.3 Å². The quantitative estimate of drug-likeness (QED) is 0.212. The SMILES string of the molecule is CCC[CH2][Sn](/[CH]=C1\CC[C@@H]2[C@@H](COCc3ccccc3)CCC[C@H]12)([CH2]CCC)[CH2]CCC. The Labute approximate surface area is 203 Å². The van der Waals surface area contributed by atoms with Gasteiger partial charge in [-0.1, -0.05) is 0 Å². The Balaban J connectivity index is 1.67. The monoisotopic (exact) mass is 546 g/mol. The molecule has 2 fully saturated rings. The first-order valence-electron chi connectivity index (χ1n) is 14.0. The van der Waals surface area contributed by atoms with E-state index in [-0.39, 0.29) is 0 Å². The number of unbranched alkanes of at least 4 members (excludes halogenated alkanes) is 3. The summed E-state index contributed by atoms with van der Waals surface area (Å²) in [4.78, 5) is 0. The van der Waals surface area contributed by atoms with E-state index in [0.717, 1.165) is 31.0 Å². The maximum absolute atomic E-state index is 6.26. The second-order valence-electron chi connectivity index (χ2n) is 10.9. The molecule has 2 heteroatoms. The average molecular weight is 545 g/mol. The molecular weight excluding hydrogens is 495 g/mol. The van der Waals surface area contributed by atoms with E-state index < -0.39 is 18.4 Å². The van der Waals surface area contributed by atoms with Crippen LogP contribution in [0, 0.1) is 17.8 Å². The van der Waals surface area contributed by atoms with Crippen LogP contribution in [0.25, 0.3) is 0 Å². The van der Waals surface area contributed by atoms with Crippen molar-refractivity contribution in [3.05, 3.63) is 45.6 Å². The third-order valence-electron chi connectivity index (χ3n) is 8.47. The molecule has 3 atom stereocenters. The fourth-order valence-electron chi connectivity index (χ4n) is 6.63. The van der Waals surface area contributed by atoms with Crippen LogP contribution in [0.5, 0.6) is 0 Å². The molecule has 180 valence electrons. The minimum absolute atomic E-state index is 0.780. The summed E-state index contributed by atoms with van der Waals surface area (Å²) in [6.07, 6.45) is 15.7. The first kappa shape index (κ1) is 26.3. The predicted molar refractivity (Wildman–Crippen MR) is 143 cm³/mol. The van der Waals surface area contributed by atoms with Crippen molar-refractivity contribution in [1.82, 2.24) is 0 Å². The van der Waals surface area contributed by atoms with E-state index in [1.165, 1.54) is 76.2 Å². The molecule has 2 aliphatic rings. The van der Waals surface area contributed by atoms with Gasteiger partial charge in [-0.2, -0.15) is 0 Å². The molecular formula is C30H50OSn. The van der Waals surface area contributed by atoms with Gasteiger partial charge in [-0.15, -0.1) is 0 Å². The topological polar surface area (TPSA) is 9.23 Å². The molecule has 0 saturated heterocycles. The molecule has 1 nitrogen and oxygen atoms in total. The van der Waals surface area contributed by atoms with Gasteiger partial charge in [0.15, 0.2) is 0 Å². The van der Waals surface area contributed by atoms with Gasteiger partial charge in [0.2, 0.25) is 0 Å². The Kier molecular flexibility index (Phi) is 11.7. The molecule has 32 heavy (non-hydrogen) atoms. The van der Waals surface area contributed by atoms with Crippen molar-refractivity contribution < 1.29 is 4.74 Å². The number of hydrogen-bond acceptors (Lipinski definition) is 1. The number of rotatable bonds is 14. The van der Waals surface area contributed by atoms with Crippen LogP contribution in [-0.4, -0.2) is 25.0 Å². The third-order valence-corrected chi connectivity index (χ3v) is 22.8. The van der Waals surface area contributed by atoms with Gasteiger partial charge in [0.1, 0.15) is 0 Å². The molecule has 0 aliphatic heterocycles. The van der Waals surface area contributed by atoms with Gasteiger partial charge in [0.05, 0.1) is 0 Å². The molecule has 1 aromatic rings. The predicted octanol–water partition coefficient (Wildman–Crippen LogP) is 9.34. The van der Waals surface area contributed by atoms with Crippen LogP contribution in [0.4, 0.5) is 0 Å². The van der Waals surface area contributed by atoms with Gasteiger partial charge in [-0.25, -0.2) is 0 Å². The van der Waals surface area contributed by atoms with Crippen molar-refractivity contribution in [2.75, 3.05) is 6.61 Å². The summed E-state index contributed by atoms with van der Waals surface area (Å²) in [5.41, 5.74) is 3.26. The summed E-state index contributed by atoms with van der Waals surface area (Å²) < 4.78 is 14.2. The van der Waals surface area contributed by atoms with Crippen molar-refractivity contribution in [3.8, 4) is 0 Å². The van der Waals surface area contributed by atoms with Crippen LogP contribution < -0.4 is 0 Å². The summed E-state index contributed by atoms with van der Waals surface area (Å²) in [6.45, 7) is 8.95. The number of ether oxygens (including phenoxy) is 1. The number of benzene rings is 1. The van der Waals surface area contributed by atoms with Crippen LogP contribution in [0.15, 0.2) is 40.0 Å². The van der Waals surface area contributed by atoms with E-state index in [4.69, 9.17) is 4.74 Å². The van der Waals surface area contributed by atoms with Crippen LogP contribution in [-0.2, 0) is 11.3 Å². The summed E-state index contributed by atoms with van der Waals surface area (Å²) >= 11 is -2.19. The van der Waals surface area contributed by atoms with Crippen molar-refractivity contribution in [1.29, 1.82) is 0 Å². The van der Waals surface area contributed by atoms with Crippen molar-refractivity contribution in [3.63, 3.8) is 0 Å². The molecule has 0 unspecified atom stereocenters. The van der Waals surface area contributed by atoms with Crippen LogP contribution in [0.3, 0.4) is 0 Å². The zero-order valence-corrected chi connectivity index (χ0v) is 24.3. The van der Waals surface area contributed by atoms with E-state index in [9.17, 15) is 0 Å². The molecule has 3 rings (SSSR count). The second-order valence-corrected chi connectivity index (χ2v) is 23.8. The summed E-state index contributed by atoms with van der Waals surface area (Å²) in [5.74, 6) is 2.59. The fourth-order valence-corrected chi connectivity index (χ4v) is 22.3.